The zero-order chi connectivity index (χ0) is 9.84. The van der Waals surface area contributed by atoms with Gasteiger partial charge in [0.05, 0.1) is 13.0 Å². The Labute approximate surface area is 91.3 Å². The molecule has 1 aromatic carbocycles. The van der Waals surface area contributed by atoms with Crippen molar-refractivity contribution in [2.45, 2.75) is 13.8 Å². The average Bonchev–Trinajstić information content (AvgIpc) is 2.17. The summed E-state index contributed by atoms with van der Waals surface area (Å²) in [5.74, 6) is 0.311. The normalized spacial score (nSPS) is 12.0. The molecule has 2 nitrogen and oxygen atoms in total. The molecule has 0 spiro atoms. The fraction of sp³-hybridized carbons (Fsp3) is 0.364. The predicted octanol–water partition coefficient (Wildman–Crippen LogP) is -1.98. The molecule has 0 saturated heterocycles. The highest BCUT2D eigenvalue weighted by molar-refractivity contribution is 5.71. The van der Waals surface area contributed by atoms with Gasteiger partial charge in [0.15, 0.2) is 0 Å². The molecule has 0 aliphatic rings. The standard InChI is InChI=1S/C11H15NO.ClH/c1-9(2)11(13)12(3)10-7-5-4-6-8-10;/h4-9H,1-3H3;1H. The summed E-state index contributed by atoms with van der Waals surface area (Å²) in [6.45, 7) is 3.85. The fourth-order valence-corrected chi connectivity index (χ4v) is 1.26. The molecule has 0 aliphatic carbocycles. The number of para-hydroxylation sites is 1. The minimum absolute atomic E-state index is 0. The van der Waals surface area contributed by atoms with Crippen molar-refractivity contribution in [1.82, 2.24) is 0 Å². The Balaban J connectivity index is 0.00000169. The Morgan fingerprint density at radius 2 is 1.71 bits per heavy atom. The Hall–Kier alpha value is -0.860. The summed E-state index contributed by atoms with van der Waals surface area (Å²) in [6, 6.07) is 9.79. The smallest absolute Gasteiger partial charge is 0.319 e. The van der Waals surface area contributed by atoms with E-state index in [1.54, 1.807) is 0 Å². The first-order chi connectivity index (χ1) is 6.13. The Morgan fingerprint density at radius 3 is 2.14 bits per heavy atom. The molecule has 1 amide bonds. The van der Waals surface area contributed by atoms with Gasteiger partial charge in [0, 0.05) is 0 Å². The molecule has 14 heavy (non-hydrogen) atoms. The molecule has 1 N–H and O–H groups in total. The maximum absolute atomic E-state index is 11.6. The number of amides is 1. The molecule has 0 saturated carbocycles. The third kappa shape index (κ3) is 3.13. The van der Waals surface area contributed by atoms with Gasteiger partial charge in [0.2, 0.25) is 0 Å². The van der Waals surface area contributed by atoms with Crippen LogP contribution in [0.3, 0.4) is 0 Å². The van der Waals surface area contributed by atoms with Gasteiger partial charge in [-0.2, -0.15) is 0 Å². The lowest BCUT2D eigenvalue weighted by atomic mass is 10.2. The van der Waals surface area contributed by atoms with Crippen LogP contribution in [-0.2, 0) is 4.79 Å². The Bertz CT molecular complexity index is 285. The van der Waals surface area contributed by atoms with Gasteiger partial charge in [-0.25, -0.2) is 9.69 Å². The van der Waals surface area contributed by atoms with Crippen LogP contribution in [0.15, 0.2) is 30.3 Å². The summed E-state index contributed by atoms with van der Waals surface area (Å²) in [7, 11) is 1.89. The summed E-state index contributed by atoms with van der Waals surface area (Å²) in [4.78, 5) is 12.5. The first kappa shape index (κ1) is 13.1. The van der Waals surface area contributed by atoms with E-state index in [0.29, 0.717) is 0 Å². The molecule has 1 aromatic rings. The SMILES string of the molecule is CC(C)C(=O)[NH+](C)c1ccccc1.[Cl-]. The molecule has 1 atom stereocenters. The van der Waals surface area contributed by atoms with Crippen LogP contribution in [-0.4, -0.2) is 13.0 Å². The number of carbonyl (C=O) groups excluding carboxylic acids is 1. The second-order valence-electron chi connectivity index (χ2n) is 3.51. The molecule has 0 heterocycles. The van der Waals surface area contributed by atoms with Crippen LogP contribution in [0.25, 0.3) is 0 Å². The van der Waals surface area contributed by atoms with E-state index in [1.807, 2.05) is 51.2 Å². The van der Waals surface area contributed by atoms with Crippen molar-refractivity contribution in [3.63, 3.8) is 0 Å². The third-order valence-corrected chi connectivity index (χ3v) is 2.10. The molecular weight excluding hydrogens is 198 g/mol. The van der Waals surface area contributed by atoms with Gasteiger partial charge >= 0.3 is 5.91 Å². The maximum Gasteiger partial charge on any atom is 0.319 e. The highest BCUT2D eigenvalue weighted by Gasteiger charge is 2.19. The van der Waals surface area contributed by atoms with Gasteiger partial charge in [0.25, 0.3) is 0 Å². The largest absolute Gasteiger partial charge is 1.00 e. The van der Waals surface area contributed by atoms with E-state index in [4.69, 9.17) is 0 Å². The van der Waals surface area contributed by atoms with Crippen molar-refractivity contribution in [3.05, 3.63) is 30.3 Å². The monoisotopic (exact) mass is 213 g/mol. The van der Waals surface area contributed by atoms with Crippen molar-refractivity contribution in [1.29, 1.82) is 0 Å². The number of hydrogen-bond donors (Lipinski definition) is 1. The Kier molecular flexibility index (Phi) is 5.43. The van der Waals surface area contributed by atoms with Crippen LogP contribution in [0.1, 0.15) is 13.8 Å². The Morgan fingerprint density at radius 1 is 1.21 bits per heavy atom. The number of nitrogens with one attached hydrogen (secondary N) is 1. The molecule has 1 unspecified atom stereocenters. The van der Waals surface area contributed by atoms with E-state index in [9.17, 15) is 4.79 Å². The fourth-order valence-electron chi connectivity index (χ4n) is 1.26. The molecule has 3 heteroatoms. The first-order valence-electron chi connectivity index (χ1n) is 4.56. The van der Waals surface area contributed by atoms with Crippen LogP contribution in [0.4, 0.5) is 5.69 Å². The van der Waals surface area contributed by atoms with E-state index < -0.39 is 0 Å². The number of halogens is 1. The lowest BCUT2D eigenvalue weighted by Gasteiger charge is -2.12. The second-order valence-corrected chi connectivity index (χ2v) is 3.51. The first-order valence-corrected chi connectivity index (χ1v) is 4.56. The number of quaternary nitrogens is 1. The average molecular weight is 214 g/mol. The summed E-state index contributed by atoms with van der Waals surface area (Å²) in [6.07, 6.45) is 0. The molecule has 78 valence electrons. The lowest BCUT2D eigenvalue weighted by Crippen LogP contribution is -3.07. The van der Waals surface area contributed by atoms with Crippen molar-refractivity contribution in [2.75, 3.05) is 7.05 Å². The quantitative estimate of drug-likeness (QED) is 0.604. The molecule has 0 aromatic heterocycles. The summed E-state index contributed by atoms with van der Waals surface area (Å²) >= 11 is 0. The summed E-state index contributed by atoms with van der Waals surface area (Å²) in [5.41, 5.74) is 1.03. The molecule has 0 bridgehead atoms. The van der Waals surface area contributed by atoms with Crippen molar-refractivity contribution >= 4 is 11.6 Å². The minimum atomic E-state index is 0. The van der Waals surface area contributed by atoms with Gasteiger partial charge in [-0.3, -0.25) is 0 Å². The number of hydrogen-bond acceptors (Lipinski definition) is 1. The van der Waals surface area contributed by atoms with Crippen LogP contribution in [0.5, 0.6) is 0 Å². The molecule has 1 rings (SSSR count). The van der Waals surface area contributed by atoms with E-state index in [-0.39, 0.29) is 24.2 Å². The molecule has 0 radical (unpaired) electrons. The van der Waals surface area contributed by atoms with Crippen LogP contribution < -0.4 is 17.3 Å². The van der Waals surface area contributed by atoms with E-state index in [0.717, 1.165) is 10.6 Å². The zero-order valence-electron chi connectivity index (χ0n) is 8.75. The van der Waals surface area contributed by atoms with Gasteiger partial charge in [0.1, 0.15) is 5.69 Å². The van der Waals surface area contributed by atoms with Crippen molar-refractivity contribution in [2.24, 2.45) is 5.92 Å². The predicted molar refractivity (Wildman–Crippen MR) is 52.8 cm³/mol. The van der Waals surface area contributed by atoms with Crippen molar-refractivity contribution < 1.29 is 22.1 Å². The molecule has 0 fully saturated rings. The maximum atomic E-state index is 11.6. The lowest BCUT2D eigenvalue weighted by molar-refractivity contribution is -0.726. The van der Waals surface area contributed by atoms with E-state index in [1.165, 1.54) is 0 Å². The van der Waals surface area contributed by atoms with Crippen LogP contribution >= 0.6 is 0 Å². The number of rotatable bonds is 2. The van der Waals surface area contributed by atoms with Crippen molar-refractivity contribution in [3.8, 4) is 0 Å². The zero-order valence-corrected chi connectivity index (χ0v) is 9.51. The highest BCUT2D eigenvalue weighted by Crippen LogP contribution is 1.99. The van der Waals surface area contributed by atoms with Gasteiger partial charge in [-0.05, 0) is 26.0 Å². The van der Waals surface area contributed by atoms with E-state index in [2.05, 4.69) is 0 Å². The highest BCUT2D eigenvalue weighted by atomic mass is 35.5. The molecule has 0 aliphatic heterocycles. The minimum Gasteiger partial charge on any atom is -1.00 e. The number of carbonyl (C=O) groups is 1. The topological polar surface area (TPSA) is 21.5 Å². The van der Waals surface area contributed by atoms with Crippen LogP contribution in [0.2, 0.25) is 0 Å². The van der Waals surface area contributed by atoms with Gasteiger partial charge < -0.3 is 12.4 Å². The summed E-state index contributed by atoms with van der Waals surface area (Å²) < 4.78 is 0. The molecular formula is C11H16ClNO. The van der Waals surface area contributed by atoms with Crippen LogP contribution in [0, 0.1) is 5.92 Å². The van der Waals surface area contributed by atoms with E-state index >= 15 is 0 Å². The van der Waals surface area contributed by atoms with Gasteiger partial charge in [-0.1, -0.05) is 18.2 Å². The summed E-state index contributed by atoms with van der Waals surface area (Å²) in [5, 5.41) is 0. The second kappa shape index (κ2) is 5.78. The van der Waals surface area contributed by atoms with Gasteiger partial charge in [-0.15, -0.1) is 0 Å². The number of benzene rings is 1. The third-order valence-electron chi connectivity index (χ3n) is 2.10.